The number of aliphatic hydroxyl groups excluding tert-OH is 1. The lowest BCUT2D eigenvalue weighted by molar-refractivity contribution is -0.385. The van der Waals surface area contributed by atoms with Gasteiger partial charge in [0.05, 0.1) is 4.92 Å². The third kappa shape index (κ3) is 4.03. The Morgan fingerprint density at radius 3 is 2.76 bits per heavy atom. The van der Waals surface area contributed by atoms with Crippen LogP contribution < -0.4 is 5.32 Å². The van der Waals surface area contributed by atoms with Gasteiger partial charge >= 0.3 is 0 Å². The molecule has 0 bridgehead atoms. The van der Waals surface area contributed by atoms with Crippen LogP contribution in [0, 0.1) is 17.0 Å². The van der Waals surface area contributed by atoms with Gasteiger partial charge < -0.3 is 10.4 Å². The van der Waals surface area contributed by atoms with Crippen molar-refractivity contribution in [2.45, 2.75) is 32.7 Å². The van der Waals surface area contributed by atoms with E-state index in [0.717, 1.165) is 18.5 Å². The fourth-order valence-electron chi connectivity index (χ4n) is 1.70. The number of nitrogens with one attached hydrogen (secondary N) is 1. The van der Waals surface area contributed by atoms with Crippen molar-refractivity contribution >= 4 is 11.4 Å². The predicted molar refractivity (Wildman–Crippen MR) is 67.2 cm³/mol. The number of hydrogen-bond acceptors (Lipinski definition) is 4. The molecular weight excluding hydrogens is 220 g/mol. The highest BCUT2D eigenvalue weighted by atomic mass is 16.6. The molecule has 0 amide bonds. The van der Waals surface area contributed by atoms with Crippen molar-refractivity contribution in [1.82, 2.24) is 0 Å². The van der Waals surface area contributed by atoms with Crippen molar-refractivity contribution in [1.29, 1.82) is 0 Å². The Morgan fingerprint density at radius 2 is 2.24 bits per heavy atom. The largest absolute Gasteiger partial charge is 0.396 e. The molecule has 0 aliphatic heterocycles. The van der Waals surface area contributed by atoms with E-state index in [2.05, 4.69) is 5.32 Å². The zero-order chi connectivity index (χ0) is 12.8. The van der Waals surface area contributed by atoms with E-state index >= 15 is 0 Å². The summed E-state index contributed by atoms with van der Waals surface area (Å²) in [6.07, 6.45) is 1.62. The quantitative estimate of drug-likeness (QED) is 0.589. The molecule has 1 aromatic rings. The maximum Gasteiger partial charge on any atom is 0.272 e. The lowest BCUT2D eigenvalue weighted by Gasteiger charge is -2.14. The maximum absolute atomic E-state index is 10.7. The van der Waals surface area contributed by atoms with Crippen LogP contribution in [-0.4, -0.2) is 22.7 Å². The number of nitrogens with zero attached hydrogens (tertiary/aromatic N) is 1. The molecule has 0 aliphatic carbocycles. The number of rotatable bonds is 6. The Bertz CT molecular complexity index is 393. The number of anilines is 1. The molecule has 0 heterocycles. The molecule has 0 aromatic heterocycles. The van der Waals surface area contributed by atoms with Gasteiger partial charge in [0.2, 0.25) is 0 Å². The zero-order valence-corrected chi connectivity index (χ0v) is 10.1. The summed E-state index contributed by atoms with van der Waals surface area (Å²) >= 11 is 0. The lowest BCUT2D eigenvalue weighted by atomic mass is 10.1. The van der Waals surface area contributed by atoms with E-state index in [9.17, 15) is 10.1 Å². The Kier molecular flexibility index (Phi) is 4.90. The van der Waals surface area contributed by atoms with Gasteiger partial charge in [-0.05, 0) is 38.8 Å². The normalized spacial score (nSPS) is 12.2. The standard InChI is InChI=1S/C12H18N2O3/c1-9-8-11(5-6-12(9)14(16)17)13-10(2)4-3-7-15/h5-6,8,10,13,15H,3-4,7H2,1-2H3. The van der Waals surface area contributed by atoms with Gasteiger partial charge in [0.1, 0.15) is 0 Å². The van der Waals surface area contributed by atoms with E-state index in [0.29, 0.717) is 5.56 Å². The molecule has 5 heteroatoms. The highest BCUT2D eigenvalue weighted by Gasteiger charge is 2.10. The van der Waals surface area contributed by atoms with Gasteiger partial charge in [-0.3, -0.25) is 10.1 Å². The molecule has 0 fully saturated rings. The molecule has 0 spiro atoms. The van der Waals surface area contributed by atoms with Crippen LogP contribution >= 0.6 is 0 Å². The second kappa shape index (κ2) is 6.20. The monoisotopic (exact) mass is 238 g/mol. The van der Waals surface area contributed by atoms with Crippen LogP contribution in [0.2, 0.25) is 0 Å². The van der Waals surface area contributed by atoms with E-state index < -0.39 is 0 Å². The molecule has 0 aliphatic rings. The molecule has 17 heavy (non-hydrogen) atoms. The Morgan fingerprint density at radius 1 is 1.53 bits per heavy atom. The van der Waals surface area contributed by atoms with E-state index in [1.54, 1.807) is 19.1 Å². The van der Waals surface area contributed by atoms with Crippen LogP contribution in [0.4, 0.5) is 11.4 Å². The minimum Gasteiger partial charge on any atom is -0.396 e. The second-order valence-corrected chi connectivity index (χ2v) is 4.17. The lowest BCUT2D eigenvalue weighted by Crippen LogP contribution is -2.15. The van der Waals surface area contributed by atoms with Crippen molar-refractivity contribution in [3.05, 3.63) is 33.9 Å². The first-order valence-corrected chi connectivity index (χ1v) is 5.67. The summed E-state index contributed by atoms with van der Waals surface area (Å²) in [5.74, 6) is 0. The molecule has 0 radical (unpaired) electrons. The molecule has 0 saturated carbocycles. The van der Waals surface area contributed by atoms with Crippen LogP contribution in [0.5, 0.6) is 0 Å². The number of benzene rings is 1. The fraction of sp³-hybridized carbons (Fsp3) is 0.500. The first kappa shape index (κ1) is 13.4. The molecule has 5 nitrogen and oxygen atoms in total. The number of hydrogen-bond donors (Lipinski definition) is 2. The minimum absolute atomic E-state index is 0.138. The van der Waals surface area contributed by atoms with Crippen molar-refractivity contribution in [2.75, 3.05) is 11.9 Å². The van der Waals surface area contributed by atoms with Crippen LogP contribution in [0.1, 0.15) is 25.3 Å². The first-order valence-electron chi connectivity index (χ1n) is 5.67. The molecule has 94 valence electrons. The molecule has 1 unspecified atom stereocenters. The third-order valence-corrected chi connectivity index (χ3v) is 2.60. The number of nitro benzene ring substituents is 1. The van der Waals surface area contributed by atoms with Gasteiger partial charge in [-0.15, -0.1) is 0 Å². The minimum atomic E-state index is -0.381. The molecular formula is C12H18N2O3. The Hall–Kier alpha value is -1.62. The van der Waals surface area contributed by atoms with Crippen LogP contribution in [0.3, 0.4) is 0 Å². The molecule has 0 saturated heterocycles. The molecule has 1 rings (SSSR count). The molecule has 2 N–H and O–H groups in total. The van der Waals surface area contributed by atoms with Crippen LogP contribution in [0.15, 0.2) is 18.2 Å². The SMILES string of the molecule is Cc1cc(NC(C)CCCO)ccc1[N+](=O)[O-]. The summed E-state index contributed by atoms with van der Waals surface area (Å²) in [6, 6.07) is 5.23. The van der Waals surface area contributed by atoms with E-state index in [-0.39, 0.29) is 23.3 Å². The van der Waals surface area contributed by atoms with E-state index in [4.69, 9.17) is 5.11 Å². The van der Waals surface area contributed by atoms with Gasteiger partial charge in [-0.1, -0.05) is 0 Å². The summed E-state index contributed by atoms with van der Waals surface area (Å²) in [5, 5.41) is 22.6. The van der Waals surface area contributed by atoms with Gasteiger partial charge in [-0.25, -0.2) is 0 Å². The molecule has 1 aromatic carbocycles. The summed E-state index contributed by atoms with van der Waals surface area (Å²) in [6.45, 7) is 3.93. The van der Waals surface area contributed by atoms with Crippen molar-refractivity contribution < 1.29 is 10.0 Å². The van der Waals surface area contributed by atoms with Gasteiger partial charge in [0, 0.05) is 30.0 Å². The zero-order valence-electron chi connectivity index (χ0n) is 10.1. The maximum atomic E-state index is 10.7. The van der Waals surface area contributed by atoms with E-state index in [1.807, 2.05) is 6.92 Å². The average Bonchev–Trinajstić information content (AvgIpc) is 2.26. The number of aryl methyl sites for hydroxylation is 1. The van der Waals surface area contributed by atoms with Crippen LogP contribution in [0.25, 0.3) is 0 Å². The van der Waals surface area contributed by atoms with Gasteiger partial charge in [0.15, 0.2) is 0 Å². The smallest absolute Gasteiger partial charge is 0.272 e. The average molecular weight is 238 g/mol. The Labute approximate surface area is 101 Å². The van der Waals surface area contributed by atoms with E-state index in [1.165, 1.54) is 6.07 Å². The van der Waals surface area contributed by atoms with Crippen molar-refractivity contribution in [3.63, 3.8) is 0 Å². The highest BCUT2D eigenvalue weighted by Crippen LogP contribution is 2.22. The van der Waals surface area contributed by atoms with Gasteiger partial charge in [-0.2, -0.15) is 0 Å². The highest BCUT2D eigenvalue weighted by molar-refractivity contribution is 5.53. The summed E-state index contributed by atoms with van der Waals surface area (Å²) in [7, 11) is 0. The van der Waals surface area contributed by atoms with Crippen molar-refractivity contribution in [3.8, 4) is 0 Å². The second-order valence-electron chi connectivity index (χ2n) is 4.17. The third-order valence-electron chi connectivity index (χ3n) is 2.60. The van der Waals surface area contributed by atoms with Crippen LogP contribution in [-0.2, 0) is 0 Å². The topological polar surface area (TPSA) is 75.4 Å². The summed E-state index contributed by atoms with van der Waals surface area (Å²) in [4.78, 5) is 10.3. The van der Waals surface area contributed by atoms with Gasteiger partial charge in [0.25, 0.3) is 5.69 Å². The summed E-state index contributed by atoms with van der Waals surface area (Å²) < 4.78 is 0. The summed E-state index contributed by atoms with van der Waals surface area (Å²) in [5.41, 5.74) is 1.66. The molecule has 1 atom stereocenters. The fourth-order valence-corrected chi connectivity index (χ4v) is 1.70. The first-order chi connectivity index (χ1) is 8.04. The number of nitro groups is 1. The number of aliphatic hydroxyl groups is 1. The Balaban J connectivity index is 2.67. The predicted octanol–water partition coefficient (Wildman–Crippen LogP) is 2.48. The van der Waals surface area contributed by atoms with Crippen molar-refractivity contribution in [2.24, 2.45) is 0 Å².